The van der Waals surface area contributed by atoms with Crippen molar-refractivity contribution in [1.82, 2.24) is 0 Å². The second kappa shape index (κ2) is 6.75. The molecule has 0 amide bonds. The molecule has 26 heavy (non-hydrogen) atoms. The number of benzene rings is 2. The Morgan fingerprint density at radius 1 is 1.04 bits per heavy atom. The van der Waals surface area contributed by atoms with E-state index in [1.165, 1.54) is 12.3 Å². The number of ether oxygens (including phenoxy) is 2. The van der Waals surface area contributed by atoms with Gasteiger partial charge in [0.25, 0.3) is 0 Å². The topological polar surface area (TPSA) is 68.9 Å². The van der Waals surface area contributed by atoms with E-state index in [0.29, 0.717) is 47.7 Å². The van der Waals surface area contributed by atoms with E-state index < -0.39 is 0 Å². The van der Waals surface area contributed by atoms with E-state index >= 15 is 0 Å². The average molecular weight is 352 g/mol. The van der Waals surface area contributed by atoms with Crippen LogP contribution in [0.2, 0.25) is 0 Å². The van der Waals surface area contributed by atoms with Gasteiger partial charge in [-0.15, -0.1) is 0 Å². The van der Waals surface area contributed by atoms with Crippen LogP contribution < -0.4 is 14.9 Å². The molecular formula is C21H20O5. The molecule has 0 bridgehead atoms. The number of hydrogen-bond donors (Lipinski definition) is 1. The molecular weight excluding hydrogens is 332 g/mol. The molecule has 0 unspecified atom stereocenters. The molecule has 3 aromatic rings. The molecule has 0 radical (unpaired) electrons. The number of hydrogen-bond acceptors (Lipinski definition) is 5. The molecule has 2 heterocycles. The van der Waals surface area contributed by atoms with Gasteiger partial charge in [0, 0.05) is 6.07 Å². The summed E-state index contributed by atoms with van der Waals surface area (Å²) in [6.07, 6.45) is 3.96. The summed E-state index contributed by atoms with van der Waals surface area (Å²) in [6, 6.07) is 8.68. The summed E-state index contributed by atoms with van der Waals surface area (Å²) in [6.45, 7) is 3.22. The monoisotopic (exact) mass is 352 g/mol. The van der Waals surface area contributed by atoms with E-state index in [9.17, 15) is 9.90 Å². The van der Waals surface area contributed by atoms with Gasteiger partial charge in [0.15, 0.2) is 11.5 Å². The second-order valence-corrected chi connectivity index (χ2v) is 6.37. The highest BCUT2D eigenvalue weighted by molar-refractivity contribution is 5.84. The third kappa shape index (κ3) is 2.90. The number of rotatable bonds is 2. The Morgan fingerprint density at radius 3 is 2.58 bits per heavy atom. The minimum absolute atomic E-state index is 0.132. The van der Waals surface area contributed by atoms with Crippen molar-refractivity contribution in [3.63, 3.8) is 0 Å². The first kappa shape index (κ1) is 16.5. The summed E-state index contributed by atoms with van der Waals surface area (Å²) in [4.78, 5) is 13.0. The van der Waals surface area contributed by atoms with Crippen LogP contribution in [0.15, 0.2) is 45.8 Å². The third-order valence-electron chi connectivity index (χ3n) is 4.66. The Kier molecular flexibility index (Phi) is 4.29. The smallest absolute Gasteiger partial charge is 0.200 e. The third-order valence-corrected chi connectivity index (χ3v) is 4.66. The Labute approximate surface area is 150 Å². The van der Waals surface area contributed by atoms with Gasteiger partial charge in [0.2, 0.25) is 5.43 Å². The second-order valence-electron chi connectivity index (χ2n) is 6.37. The van der Waals surface area contributed by atoms with E-state index in [0.717, 1.165) is 24.0 Å². The van der Waals surface area contributed by atoms with Gasteiger partial charge >= 0.3 is 0 Å². The quantitative estimate of drug-likeness (QED) is 0.745. The lowest BCUT2D eigenvalue weighted by Gasteiger charge is -2.17. The first-order valence-electron chi connectivity index (χ1n) is 8.85. The van der Waals surface area contributed by atoms with Crippen molar-refractivity contribution >= 4 is 11.0 Å². The van der Waals surface area contributed by atoms with Crippen molar-refractivity contribution in [2.24, 2.45) is 0 Å². The number of aromatic hydroxyl groups is 1. The molecule has 0 saturated carbocycles. The molecule has 0 spiro atoms. The summed E-state index contributed by atoms with van der Waals surface area (Å²) < 4.78 is 17.1. The highest BCUT2D eigenvalue weighted by Gasteiger charge is 2.15. The van der Waals surface area contributed by atoms with Crippen molar-refractivity contribution < 1.29 is 19.0 Å². The number of phenolic OH excluding ortho intramolecular Hbond substituents is 1. The predicted molar refractivity (Wildman–Crippen MR) is 99.2 cm³/mol. The summed E-state index contributed by atoms with van der Waals surface area (Å²) in [5.41, 5.74) is 2.14. The van der Waals surface area contributed by atoms with Gasteiger partial charge in [0.05, 0.1) is 24.2 Å². The highest BCUT2D eigenvalue weighted by atomic mass is 16.5. The van der Waals surface area contributed by atoms with Gasteiger partial charge in [-0.05, 0) is 48.6 Å². The lowest BCUT2D eigenvalue weighted by atomic mass is 10.0. The SMILES string of the molecule is CCc1cc2c(=O)c(-c3ccc4c(c3)OCCCCO4)coc2cc1O. The fourth-order valence-electron chi connectivity index (χ4n) is 3.17. The first-order valence-corrected chi connectivity index (χ1v) is 8.85. The summed E-state index contributed by atoms with van der Waals surface area (Å²) in [7, 11) is 0. The molecule has 1 aliphatic rings. The molecule has 0 saturated heterocycles. The summed E-state index contributed by atoms with van der Waals surface area (Å²) in [5, 5.41) is 10.4. The van der Waals surface area contributed by atoms with Crippen molar-refractivity contribution in [1.29, 1.82) is 0 Å². The number of fused-ring (bicyclic) bond motifs is 2. The molecule has 1 aromatic heterocycles. The molecule has 5 nitrogen and oxygen atoms in total. The molecule has 1 aliphatic heterocycles. The molecule has 0 fully saturated rings. The summed E-state index contributed by atoms with van der Waals surface area (Å²) >= 11 is 0. The van der Waals surface area contributed by atoms with Crippen LogP contribution in [0.25, 0.3) is 22.1 Å². The van der Waals surface area contributed by atoms with Crippen LogP contribution >= 0.6 is 0 Å². The van der Waals surface area contributed by atoms with E-state index in [4.69, 9.17) is 13.9 Å². The van der Waals surface area contributed by atoms with Crippen molar-refractivity contribution in [2.75, 3.05) is 13.2 Å². The van der Waals surface area contributed by atoms with E-state index in [1.54, 1.807) is 6.07 Å². The van der Waals surface area contributed by atoms with Crippen LogP contribution in [-0.2, 0) is 6.42 Å². The maximum absolute atomic E-state index is 13.0. The molecule has 134 valence electrons. The normalized spacial score (nSPS) is 14.0. The lowest BCUT2D eigenvalue weighted by Crippen LogP contribution is -2.09. The number of phenols is 1. The molecule has 5 heteroatoms. The van der Waals surface area contributed by atoms with Crippen molar-refractivity contribution in [3.05, 3.63) is 52.4 Å². The van der Waals surface area contributed by atoms with Crippen molar-refractivity contribution in [2.45, 2.75) is 26.2 Å². The molecule has 2 aromatic carbocycles. The Bertz CT molecular complexity index is 1020. The van der Waals surface area contributed by atoms with E-state index in [-0.39, 0.29) is 11.2 Å². The van der Waals surface area contributed by atoms with Crippen LogP contribution in [0.4, 0.5) is 0 Å². The molecule has 0 aliphatic carbocycles. The van der Waals surface area contributed by atoms with Gasteiger partial charge in [-0.3, -0.25) is 4.79 Å². The van der Waals surface area contributed by atoms with Crippen molar-refractivity contribution in [3.8, 4) is 28.4 Å². The zero-order chi connectivity index (χ0) is 18.1. The van der Waals surface area contributed by atoms with Crippen LogP contribution in [0.1, 0.15) is 25.3 Å². The van der Waals surface area contributed by atoms with Gasteiger partial charge in [0.1, 0.15) is 17.6 Å². The molecule has 1 N–H and O–H groups in total. The fourth-order valence-corrected chi connectivity index (χ4v) is 3.17. The lowest BCUT2D eigenvalue weighted by molar-refractivity contribution is 0.223. The average Bonchev–Trinajstić information content (AvgIpc) is 2.62. The van der Waals surface area contributed by atoms with Gasteiger partial charge in [-0.2, -0.15) is 0 Å². The largest absolute Gasteiger partial charge is 0.508 e. The number of aryl methyl sites for hydroxylation is 1. The highest BCUT2D eigenvalue weighted by Crippen LogP contribution is 2.34. The van der Waals surface area contributed by atoms with Crippen LogP contribution in [0.5, 0.6) is 17.2 Å². The Hall–Kier alpha value is -2.95. The standard InChI is InChI=1S/C21H20O5/c1-2-13-9-15-19(11-17(13)22)26-12-16(21(15)23)14-5-6-18-20(10-14)25-8-4-3-7-24-18/h5-6,9-12,22H,2-4,7-8H2,1H3. The van der Waals surface area contributed by atoms with Gasteiger partial charge in [-0.25, -0.2) is 0 Å². The summed E-state index contributed by atoms with van der Waals surface area (Å²) in [5.74, 6) is 1.47. The first-order chi connectivity index (χ1) is 12.7. The van der Waals surface area contributed by atoms with Crippen LogP contribution in [0, 0.1) is 0 Å². The van der Waals surface area contributed by atoms with Gasteiger partial charge < -0.3 is 19.0 Å². The minimum Gasteiger partial charge on any atom is -0.508 e. The zero-order valence-corrected chi connectivity index (χ0v) is 14.6. The van der Waals surface area contributed by atoms with E-state index in [2.05, 4.69) is 0 Å². The Morgan fingerprint density at radius 2 is 1.81 bits per heavy atom. The minimum atomic E-state index is -0.132. The van der Waals surface area contributed by atoms with Crippen LogP contribution in [-0.4, -0.2) is 18.3 Å². The Balaban J connectivity index is 1.84. The van der Waals surface area contributed by atoms with Gasteiger partial charge in [-0.1, -0.05) is 13.0 Å². The maximum atomic E-state index is 13.0. The fraction of sp³-hybridized carbons (Fsp3) is 0.286. The predicted octanol–water partition coefficient (Wildman–Crippen LogP) is 4.28. The maximum Gasteiger partial charge on any atom is 0.200 e. The zero-order valence-electron chi connectivity index (χ0n) is 14.6. The van der Waals surface area contributed by atoms with E-state index in [1.807, 2.05) is 25.1 Å². The molecule has 4 rings (SSSR count). The van der Waals surface area contributed by atoms with Crippen LogP contribution in [0.3, 0.4) is 0 Å². The molecule has 0 atom stereocenters.